The molecule has 94 valence electrons. The summed E-state index contributed by atoms with van der Waals surface area (Å²) in [7, 11) is 0. The maximum Gasteiger partial charge on any atom is 0.221 e. The number of amides is 1. The molecule has 2 N–H and O–H groups in total. The third-order valence-electron chi connectivity index (χ3n) is 2.85. The van der Waals surface area contributed by atoms with Crippen LogP contribution >= 0.6 is 11.3 Å². The number of hydrogen-bond donors (Lipinski definition) is 2. The Morgan fingerprint density at radius 1 is 1.44 bits per heavy atom. The Hall–Kier alpha value is -1.69. The summed E-state index contributed by atoms with van der Waals surface area (Å²) in [5.41, 5.74) is 0. The van der Waals surface area contributed by atoms with Crippen molar-refractivity contribution in [3.05, 3.63) is 17.8 Å². The number of nitrogens with one attached hydrogen (secondary N) is 2. The zero-order valence-electron chi connectivity index (χ0n) is 9.85. The number of thiophene rings is 1. The Bertz CT molecular complexity index is 564. The largest absolute Gasteiger partial charge is 0.369 e. The van der Waals surface area contributed by atoms with E-state index in [1.54, 1.807) is 17.7 Å². The molecule has 0 aromatic carbocycles. The highest BCUT2D eigenvalue weighted by atomic mass is 32.1. The molecule has 6 heteroatoms. The van der Waals surface area contributed by atoms with Gasteiger partial charge in [0.15, 0.2) is 0 Å². The maximum absolute atomic E-state index is 11.5. The lowest BCUT2D eigenvalue weighted by Gasteiger charge is -2.06. The highest BCUT2D eigenvalue weighted by molar-refractivity contribution is 7.16. The van der Waals surface area contributed by atoms with Crippen LogP contribution in [0.5, 0.6) is 0 Å². The predicted molar refractivity (Wildman–Crippen MR) is 71.7 cm³/mol. The molecule has 1 saturated carbocycles. The Morgan fingerprint density at radius 3 is 3.17 bits per heavy atom. The van der Waals surface area contributed by atoms with E-state index in [0.29, 0.717) is 19.0 Å². The fraction of sp³-hybridized carbons (Fsp3) is 0.417. The molecule has 2 aromatic heterocycles. The van der Waals surface area contributed by atoms with Crippen LogP contribution in [0.3, 0.4) is 0 Å². The Morgan fingerprint density at radius 2 is 2.33 bits per heavy atom. The van der Waals surface area contributed by atoms with Gasteiger partial charge < -0.3 is 10.6 Å². The molecule has 0 radical (unpaired) electrons. The molecule has 3 rings (SSSR count). The lowest BCUT2D eigenvalue weighted by atomic mass is 10.3. The van der Waals surface area contributed by atoms with Crippen molar-refractivity contribution in [3.8, 4) is 0 Å². The number of carbonyl (C=O) groups is 1. The van der Waals surface area contributed by atoms with E-state index in [2.05, 4.69) is 20.6 Å². The number of nitrogens with zero attached hydrogens (tertiary/aromatic N) is 2. The molecular weight excluding hydrogens is 248 g/mol. The van der Waals surface area contributed by atoms with Gasteiger partial charge in [-0.25, -0.2) is 9.97 Å². The first-order chi connectivity index (χ1) is 8.83. The van der Waals surface area contributed by atoms with Crippen molar-refractivity contribution >= 4 is 33.3 Å². The molecule has 0 aliphatic heterocycles. The average molecular weight is 262 g/mol. The number of fused-ring (bicyclic) bond motifs is 1. The summed E-state index contributed by atoms with van der Waals surface area (Å²) in [5.74, 6) is 0.918. The number of anilines is 1. The van der Waals surface area contributed by atoms with Crippen molar-refractivity contribution in [2.45, 2.75) is 25.3 Å². The molecule has 2 aromatic rings. The first-order valence-corrected chi connectivity index (χ1v) is 6.92. The van der Waals surface area contributed by atoms with Crippen LogP contribution in [0.15, 0.2) is 17.8 Å². The summed E-state index contributed by atoms with van der Waals surface area (Å²) < 4.78 is 0. The van der Waals surface area contributed by atoms with Crippen molar-refractivity contribution in [3.63, 3.8) is 0 Å². The minimum absolute atomic E-state index is 0.112. The van der Waals surface area contributed by atoms with E-state index in [9.17, 15) is 4.79 Å². The molecule has 2 heterocycles. The molecule has 1 fully saturated rings. The van der Waals surface area contributed by atoms with Gasteiger partial charge in [0.05, 0.1) is 5.39 Å². The maximum atomic E-state index is 11.5. The van der Waals surface area contributed by atoms with Gasteiger partial charge in [-0.2, -0.15) is 0 Å². The smallest absolute Gasteiger partial charge is 0.221 e. The average Bonchev–Trinajstić information content (AvgIpc) is 3.04. The quantitative estimate of drug-likeness (QED) is 0.862. The normalized spacial score (nSPS) is 14.7. The topological polar surface area (TPSA) is 66.9 Å². The summed E-state index contributed by atoms with van der Waals surface area (Å²) >= 11 is 1.59. The second-order valence-corrected chi connectivity index (χ2v) is 5.27. The van der Waals surface area contributed by atoms with Crippen LogP contribution in [-0.4, -0.2) is 28.5 Å². The molecule has 18 heavy (non-hydrogen) atoms. The lowest BCUT2D eigenvalue weighted by molar-refractivity contribution is -0.120. The fourth-order valence-electron chi connectivity index (χ4n) is 1.75. The molecular formula is C12H14N4OS. The van der Waals surface area contributed by atoms with Crippen LogP contribution < -0.4 is 10.6 Å². The lowest BCUT2D eigenvalue weighted by Crippen LogP contribution is -2.27. The van der Waals surface area contributed by atoms with E-state index < -0.39 is 0 Å². The second kappa shape index (κ2) is 4.89. The van der Waals surface area contributed by atoms with Crippen LogP contribution in [0.2, 0.25) is 0 Å². The van der Waals surface area contributed by atoms with Gasteiger partial charge in [-0.05, 0) is 24.3 Å². The van der Waals surface area contributed by atoms with Crippen molar-refractivity contribution in [1.29, 1.82) is 0 Å². The van der Waals surface area contributed by atoms with Gasteiger partial charge in [0.2, 0.25) is 5.91 Å². The van der Waals surface area contributed by atoms with Gasteiger partial charge in [0.1, 0.15) is 17.0 Å². The minimum atomic E-state index is 0.112. The van der Waals surface area contributed by atoms with Crippen molar-refractivity contribution < 1.29 is 4.79 Å². The Kier molecular flexibility index (Phi) is 3.10. The monoisotopic (exact) mass is 262 g/mol. The fourth-order valence-corrected chi connectivity index (χ4v) is 2.49. The van der Waals surface area contributed by atoms with Gasteiger partial charge >= 0.3 is 0 Å². The van der Waals surface area contributed by atoms with E-state index in [-0.39, 0.29) is 5.91 Å². The molecule has 1 amide bonds. The van der Waals surface area contributed by atoms with E-state index in [1.807, 2.05) is 11.4 Å². The summed E-state index contributed by atoms with van der Waals surface area (Å²) in [6.07, 6.45) is 4.28. The van der Waals surface area contributed by atoms with Crippen LogP contribution in [-0.2, 0) is 4.79 Å². The van der Waals surface area contributed by atoms with E-state index >= 15 is 0 Å². The zero-order chi connectivity index (χ0) is 12.4. The number of rotatable bonds is 5. The van der Waals surface area contributed by atoms with Gasteiger partial charge in [0, 0.05) is 19.0 Å². The van der Waals surface area contributed by atoms with Gasteiger partial charge in [-0.1, -0.05) is 0 Å². The van der Waals surface area contributed by atoms with Gasteiger partial charge in [0.25, 0.3) is 0 Å². The van der Waals surface area contributed by atoms with Gasteiger partial charge in [-0.15, -0.1) is 11.3 Å². The summed E-state index contributed by atoms with van der Waals surface area (Å²) in [5, 5.41) is 9.16. The Labute approximate surface area is 109 Å². The van der Waals surface area contributed by atoms with E-state index in [1.165, 1.54) is 0 Å². The summed E-state index contributed by atoms with van der Waals surface area (Å²) in [4.78, 5) is 20.9. The first-order valence-electron chi connectivity index (χ1n) is 6.04. The summed E-state index contributed by atoms with van der Waals surface area (Å²) in [6.45, 7) is 0.598. The SMILES string of the molecule is O=C(CCNc1ncnc2sccc12)NC1CC1. The third-order valence-corrected chi connectivity index (χ3v) is 3.67. The molecule has 0 unspecified atom stereocenters. The highest BCUT2D eigenvalue weighted by Gasteiger charge is 2.22. The number of hydrogen-bond acceptors (Lipinski definition) is 5. The zero-order valence-corrected chi connectivity index (χ0v) is 10.7. The first kappa shape index (κ1) is 11.4. The van der Waals surface area contributed by atoms with Crippen molar-refractivity contribution in [2.24, 2.45) is 0 Å². The van der Waals surface area contributed by atoms with Crippen LogP contribution in [0.25, 0.3) is 10.2 Å². The molecule has 0 saturated heterocycles. The van der Waals surface area contributed by atoms with Crippen LogP contribution in [0, 0.1) is 0 Å². The molecule has 5 nitrogen and oxygen atoms in total. The standard InChI is InChI=1S/C12H14N4OS/c17-10(16-8-1-2-8)3-5-13-11-9-4-6-18-12(9)15-7-14-11/h4,6-8H,1-3,5H2,(H,16,17)(H,13,14,15). The van der Waals surface area contributed by atoms with Gasteiger partial charge in [-0.3, -0.25) is 4.79 Å². The highest BCUT2D eigenvalue weighted by Crippen LogP contribution is 2.23. The van der Waals surface area contributed by atoms with Crippen LogP contribution in [0.1, 0.15) is 19.3 Å². The predicted octanol–water partition coefficient (Wildman–Crippen LogP) is 1.77. The second-order valence-electron chi connectivity index (χ2n) is 4.38. The minimum Gasteiger partial charge on any atom is -0.369 e. The van der Waals surface area contributed by atoms with Crippen molar-refractivity contribution in [1.82, 2.24) is 15.3 Å². The molecule has 0 bridgehead atoms. The third kappa shape index (κ3) is 2.59. The number of carbonyl (C=O) groups excluding carboxylic acids is 1. The molecule has 0 atom stereocenters. The molecule has 1 aliphatic carbocycles. The molecule has 0 spiro atoms. The van der Waals surface area contributed by atoms with Crippen LogP contribution in [0.4, 0.5) is 5.82 Å². The van der Waals surface area contributed by atoms with E-state index in [0.717, 1.165) is 28.9 Å². The summed E-state index contributed by atoms with van der Waals surface area (Å²) in [6, 6.07) is 2.42. The molecule has 1 aliphatic rings. The van der Waals surface area contributed by atoms with E-state index in [4.69, 9.17) is 0 Å². The van der Waals surface area contributed by atoms with Crippen molar-refractivity contribution in [2.75, 3.05) is 11.9 Å². The Balaban J connectivity index is 1.55. The number of aromatic nitrogens is 2.